The van der Waals surface area contributed by atoms with E-state index in [1.165, 1.54) is 0 Å². The Labute approximate surface area is 200 Å². The third kappa shape index (κ3) is 5.13. The average molecular weight is 455 g/mol. The van der Waals surface area contributed by atoms with Crippen molar-refractivity contribution in [1.29, 1.82) is 0 Å². The molecular formula is C29H30N2O3. The Hall–Kier alpha value is -3.64. The van der Waals surface area contributed by atoms with Gasteiger partial charge in [-0.25, -0.2) is 5.26 Å². The number of benzene rings is 4. The van der Waals surface area contributed by atoms with Crippen molar-refractivity contribution in [1.82, 2.24) is 10.6 Å². The monoisotopic (exact) mass is 454 g/mol. The topological polar surface area (TPSA) is 62.8 Å². The molecule has 0 spiro atoms. The Morgan fingerprint density at radius 1 is 0.618 bits per heavy atom. The maximum absolute atomic E-state index is 9.65. The van der Waals surface area contributed by atoms with Gasteiger partial charge in [-0.3, -0.25) is 5.32 Å². The zero-order chi connectivity index (χ0) is 23.8. The van der Waals surface area contributed by atoms with E-state index in [-0.39, 0.29) is 18.1 Å². The van der Waals surface area contributed by atoms with Crippen LogP contribution in [-0.4, -0.2) is 19.4 Å². The molecule has 34 heavy (non-hydrogen) atoms. The molecule has 0 saturated carbocycles. The van der Waals surface area contributed by atoms with E-state index in [9.17, 15) is 5.26 Å². The van der Waals surface area contributed by atoms with Gasteiger partial charge in [-0.2, -0.15) is 0 Å². The number of ether oxygens (including phenoxy) is 1. The van der Waals surface area contributed by atoms with Gasteiger partial charge in [0.1, 0.15) is 5.75 Å². The van der Waals surface area contributed by atoms with Gasteiger partial charge in [0.2, 0.25) is 0 Å². The highest BCUT2D eigenvalue weighted by molar-refractivity contribution is 5.47. The van der Waals surface area contributed by atoms with E-state index in [1.807, 2.05) is 85.9 Å². The average Bonchev–Trinajstić information content (AvgIpc) is 2.92. The van der Waals surface area contributed by atoms with Crippen molar-refractivity contribution >= 4 is 0 Å². The molecule has 0 aliphatic carbocycles. The van der Waals surface area contributed by atoms with Crippen molar-refractivity contribution in [2.24, 2.45) is 0 Å². The molecule has 0 saturated heterocycles. The molecule has 3 atom stereocenters. The van der Waals surface area contributed by atoms with Crippen LogP contribution >= 0.6 is 0 Å². The quantitative estimate of drug-likeness (QED) is 0.205. The minimum absolute atomic E-state index is 0.0250. The molecule has 5 nitrogen and oxygen atoms in total. The molecule has 0 fully saturated rings. The van der Waals surface area contributed by atoms with E-state index < -0.39 is 0 Å². The molecule has 174 valence electrons. The van der Waals surface area contributed by atoms with Crippen LogP contribution in [-0.2, 0) is 0 Å². The summed E-state index contributed by atoms with van der Waals surface area (Å²) < 4.78 is 5.72. The van der Waals surface area contributed by atoms with Crippen LogP contribution in [0, 0.1) is 0 Å². The van der Waals surface area contributed by atoms with Gasteiger partial charge in [-0.15, -0.1) is 0 Å². The molecule has 4 aromatic carbocycles. The molecular weight excluding hydrogens is 424 g/mol. The minimum atomic E-state index is -0.329. The summed E-state index contributed by atoms with van der Waals surface area (Å²) in [5.74, 6) is 1.14. The van der Waals surface area contributed by atoms with Crippen molar-refractivity contribution in [2.75, 3.05) is 14.2 Å². The predicted octanol–water partition coefficient (Wildman–Crippen LogP) is 5.93. The van der Waals surface area contributed by atoms with Gasteiger partial charge in [0.15, 0.2) is 5.75 Å². The second kappa shape index (κ2) is 11.5. The van der Waals surface area contributed by atoms with Crippen LogP contribution in [0.15, 0.2) is 109 Å². The molecule has 0 amide bonds. The van der Waals surface area contributed by atoms with Crippen LogP contribution in [0.25, 0.3) is 0 Å². The maximum atomic E-state index is 9.65. The van der Waals surface area contributed by atoms with Crippen LogP contribution in [0.3, 0.4) is 0 Å². The lowest BCUT2D eigenvalue weighted by Crippen LogP contribution is -2.36. The third-order valence-corrected chi connectivity index (χ3v) is 6.09. The fourth-order valence-corrected chi connectivity index (χ4v) is 4.47. The summed E-state index contributed by atoms with van der Waals surface area (Å²) in [6.45, 7) is 0. The SMILES string of the molecule is CN[C@H](c1ccccc1)[C@H](NC(c1ccccc1OC)c1ccccc1OO)c1ccccc1. The normalized spacial score (nSPS) is 13.6. The van der Waals surface area contributed by atoms with Crippen molar-refractivity contribution < 1.29 is 14.9 Å². The molecule has 0 aliphatic heterocycles. The molecule has 0 radical (unpaired) electrons. The van der Waals surface area contributed by atoms with Gasteiger partial charge in [-0.1, -0.05) is 97.1 Å². The van der Waals surface area contributed by atoms with Crippen LogP contribution < -0.4 is 20.3 Å². The second-order valence-electron chi connectivity index (χ2n) is 8.04. The van der Waals surface area contributed by atoms with Crippen LogP contribution in [0.1, 0.15) is 40.4 Å². The lowest BCUT2D eigenvalue weighted by molar-refractivity contribution is -0.138. The molecule has 0 aliphatic rings. The summed E-state index contributed by atoms with van der Waals surface area (Å²) in [6, 6.07) is 35.6. The zero-order valence-corrected chi connectivity index (χ0v) is 19.4. The van der Waals surface area contributed by atoms with Gasteiger partial charge >= 0.3 is 0 Å². The summed E-state index contributed by atoms with van der Waals surface area (Å²) in [5.41, 5.74) is 4.04. The molecule has 4 rings (SSSR count). The van der Waals surface area contributed by atoms with E-state index in [0.717, 1.165) is 28.0 Å². The molecule has 1 unspecified atom stereocenters. The number of rotatable bonds is 10. The molecule has 5 heteroatoms. The number of nitrogens with one attached hydrogen (secondary N) is 2. The van der Waals surface area contributed by atoms with Gasteiger partial charge in [0.05, 0.1) is 25.2 Å². The molecule has 4 aromatic rings. The highest BCUT2D eigenvalue weighted by Gasteiger charge is 2.30. The standard InChI is InChI=1S/C29H30N2O3/c1-30-27(21-13-5-3-6-14-21)28(22-15-7-4-8-16-22)31-29(23-17-9-11-19-25(23)33-2)24-18-10-12-20-26(24)34-32/h3-20,27-32H,1-2H3/t27-,28-,29?/m1/s1. The fraction of sp³-hybridized carbons (Fsp3) is 0.172. The van der Waals surface area contributed by atoms with E-state index in [1.54, 1.807) is 13.2 Å². The highest BCUT2D eigenvalue weighted by Crippen LogP contribution is 2.39. The van der Waals surface area contributed by atoms with Gasteiger partial charge in [0, 0.05) is 11.1 Å². The lowest BCUT2D eigenvalue weighted by Gasteiger charge is -2.34. The smallest absolute Gasteiger partial charge is 0.170 e. The van der Waals surface area contributed by atoms with Crippen molar-refractivity contribution in [2.45, 2.75) is 18.1 Å². The van der Waals surface area contributed by atoms with Crippen LogP contribution in [0.4, 0.5) is 0 Å². The minimum Gasteiger partial charge on any atom is -0.496 e. The van der Waals surface area contributed by atoms with E-state index in [4.69, 9.17) is 9.62 Å². The molecule has 0 aromatic heterocycles. The number of methoxy groups -OCH3 is 1. The van der Waals surface area contributed by atoms with Crippen LogP contribution in [0.5, 0.6) is 11.5 Å². The summed E-state index contributed by atoms with van der Waals surface area (Å²) in [4.78, 5) is 4.78. The number of likely N-dealkylation sites (N-methyl/N-ethyl adjacent to an activating group) is 1. The first-order chi connectivity index (χ1) is 16.8. The highest BCUT2D eigenvalue weighted by atomic mass is 17.1. The van der Waals surface area contributed by atoms with Crippen molar-refractivity contribution in [3.05, 3.63) is 131 Å². The van der Waals surface area contributed by atoms with Gasteiger partial charge in [-0.05, 0) is 30.3 Å². The second-order valence-corrected chi connectivity index (χ2v) is 8.04. The summed E-state index contributed by atoms with van der Waals surface area (Å²) >= 11 is 0. The van der Waals surface area contributed by atoms with Gasteiger partial charge < -0.3 is 14.9 Å². The first kappa shape index (κ1) is 23.5. The molecule has 3 N–H and O–H groups in total. The maximum Gasteiger partial charge on any atom is 0.170 e. The summed E-state index contributed by atoms with van der Waals surface area (Å²) in [6.07, 6.45) is 0. The Balaban J connectivity index is 1.86. The predicted molar refractivity (Wildman–Crippen MR) is 135 cm³/mol. The van der Waals surface area contributed by atoms with E-state index >= 15 is 0 Å². The Morgan fingerprint density at radius 2 is 1.09 bits per heavy atom. The number of hydrogen-bond donors (Lipinski definition) is 3. The van der Waals surface area contributed by atoms with Crippen LogP contribution in [0.2, 0.25) is 0 Å². The lowest BCUT2D eigenvalue weighted by atomic mass is 9.89. The first-order valence-corrected chi connectivity index (χ1v) is 11.3. The third-order valence-electron chi connectivity index (χ3n) is 6.09. The van der Waals surface area contributed by atoms with Gasteiger partial charge in [0.25, 0.3) is 0 Å². The van der Waals surface area contributed by atoms with E-state index in [2.05, 4.69) is 34.9 Å². The molecule has 0 heterocycles. The number of para-hydroxylation sites is 2. The summed E-state index contributed by atoms with van der Waals surface area (Å²) in [7, 11) is 3.64. The number of hydrogen-bond acceptors (Lipinski definition) is 5. The summed E-state index contributed by atoms with van der Waals surface area (Å²) in [5, 5.41) is 17.0. The zero-order valence-electron chi connectivity index (χ0n) is 19.4. The Bertz CT molecular complexity index is 1120. The van der Waals surface area contributed by atoms with Crippen molar-refractivity contribution in [3.63, 3.8) is 0 Å². The van der Waals surface area contributed by atoms with Crippen molar-refractivity contribution in [3.8, 4) is 11.5 Å². The first-order valence-electron chi connectivity index (χ1n) is 11.3. The Kier molecular flexibility index (Phi) is 7.94. The Morgan fingerprint density at radius 3 is 1.62 bits per heavy atom. The molecule has 0 bridgehead atoms. The van der Waals surface area contributed by atoms with E-state index in [0.29, 0.717) is 5.75 Å². The fourth-order valence-electron chi connectivity index (χ4n) is 4.47. The largest absolute Gasteiger partial charge is 0.496 e.